The first-order chi connectivity index (χ1) is 9.72. The number of ether oxygens (including phenoxy) is 1. The van der Waals surface area contributed by atoms with Crippen LogP contribution in [-0.2, 0) is 11.3 Å². The number of aromatic nitrogens is 2. The van der Waals surface area contributed by atoms with Crippen molar-refractivity contribution < 1.29 is 9.26 Å². The van der Waals surface area contributed by atoms with Crippen molar-refractivity contribution in [2.24, 2.45) is 0 Å². The highest BCUT2D eigenvalue weighted by Gasteiger charge is 2.36. The van der Waals surface area contributed by atoms with Crippen molar-refractivity contribution >= 4 is 0 Å². The number of nitrogens with one attached hydrogen (secondary N) is 1. The molecule has 1 aromatic rings. The Labute approximate surface area is 118 Å². The third-order valence-electron chi connectivity index (χ3n) is 4.60. The largest absolute Gasteiger partial charge is 0.363 e. The van der Waals surface area contributed by atoms with E-state index in [2.05, 4.69) is 32.2 Å². The van der Waals surface area contributed by atoms with E-state index in [9.17, 15) is 0 Å². The van der Waals surface area contributed by atoms with Crippen LogP contribution in [-0.4, -0.2) is 71.4 Å². The van der Waals surface area contributed by atoms with E-state index in [0.29, 0.717) is 12.5 Å². The van der Waals surface area contributed by atoms with Crippen LogP contribution in [0.4, 0.5) is 0 Å². The van der Waals surface area contributed by atoms with E-state index in [4.69, 9.17) is 9.26 Å². The lowest BCUT2D eigenvalue weighted by Crippen LogP contribution is -2.58. The summed E-state index contributed by atoms with van der Waals surface area (Å²) in [5.74, 6) is 1.40. The van der Waals surface area contributed by atoms with Gasteiger partial charge in [0, 0.05) is 45.8 Å². The number of hydrogen-bond acceptors (Lipinski definition) is 7. The first-order valence-electron chi connectivity index (χ1n) is 7.35. The maximum Gasteiger partial charge on any atom is 0.252 e. The molecule has 1 N–H and O–H groups in total. The Hall–Kier alpha value is -1.02. The summed E-state index contributed by atoms with van der Waals surface area (Å²) in [5.41, 5.74) is -0.0757. The number of piperazine rings is 3. The second kappa shape index (κ2) is 4.77. The molecule has 7 nitrogen and oxygen atoms in total. The van der Waals surface area contributed by atoms with Gasteiger partial charge in [0.1, 0.15) is 6.61 Å². The van der Waals surface area contributed by atoms with Gasteiger partial charge in [0.05, 0.1) is 11.6 Å². The van der Waals surface area contributed by atoms with Crippen molar-refractivity contribution in [1.29, 1.82) is 0 Å². The van der Waals surface area contributed by atoms with Crippen LogP contribution in [0.1, 0.15) is 24.7 Å². The Morgan fingerprint density at radius 1 is 1.35 bits per heavy atom. The standard InChI is InChI=1S/C13H21N5O2/c1-13(8-14-9-13)19-7-11-15-12(16-20-11)10-6-17-2-4-18(10)5-3-17/h10,14H,2-9H2,1H3. The number of hydrogen-bond donors (Lipinski definition) is 1. The number of nitrogens with zero attached hydrogens (tertiary/aromatic N) is 4. The SMILES string of the molecule is CC1(OCc2nc(C3CN4CCN3CC4)no2)CNC1. The molecule has 7 heteroatoms. The smallest absolute Gasteiger partial charge is 0.252 e. The number of rotatable bonds is 4. The fourth-order valence-electron chi connectivity index (χ4n) is 3.14. The van der Waals surface area contributed by atoms with E-state index in [1.54, 1.807) is 0 Å². The van der Waals surface area contributed by atoms with Gasteiger partial charge in [-0.05, 0) is 6.92 Å². The van der Waals surface area contributed by atoms with Crippen molar-refractivity contribution in [1.82, 2.24) is 25.3 Å². The van der Waals surface area contributed by atoms with Crippen molar-refractivity contribution in [3.05, 3.63) is 11.7 Å². The topological polar surface area (TPSA) is 66.7 Å². The third-order valence-corrected chi connectivity index (χ3v) is 4.60. The average molecular weight is 279 g/mol. The van der Waals surface area contributed by atoms with Crippen LogP contribution in [0.2, 0.25) is 0 Å². The fraction of sp³-hybridized carbons (Fsp3) is 0.846. The lowest BCUT2D eigenvalue weighted by molar-refractivity contribution is -0.0841. The van der Waals surface area contributed by atoms with Gasteiger partial charge in [-0.2, -0.15) is 4.98 Å². The lowest BCUT2D eigenvalue weighted by atomic mass is 10.0. The molecular formula is C13H21N5O2. The first-order valence-corrected chi connectivity index (χ1v) is 7.35. The van der Waals surface area contributed by atoms with Gasteiger partial charge in [-0.1, -0.05) is 5.16 Å². The molecule has 20 heavy (non-hydrogen) atoms. The van der Waals surface area contributed by atoms with Crippen molar-refractivity contribution in [2.75, 3.05) is 45.8 Å². The van der Waals surface area contributed by atoms with E-state index in [-0.39, 0.29) is 11.6 Å². The van der Waals surface area contributed by atoms with Gasteiger partial charge in [0.25, 0.3) is 5.89 Å². The average Bonchev–Trinajstić information content (AvgIpc) is 2.93. The van der Waals surface area contributed by atoms with Crippen LogP contribution in [0, 0.1) is 0 Å². The summed E-state index contributed by atoms with van der Waals surface area (Å²) in [6.07, 6.45) is 0. The van der Waals surface area contributed by atoms with Crippen LogP contribution in [0.3, 0.4) is 0 Å². The Kier molecular flexibility index (Phi) is 3.03. The summed E-state index contributed by atoms with van der Waals surface area (Å²) in [6, 6.07) is 0.288. The molecule has 5 rings (SSSR count). The quantitative estimate of drug-likeness (QED) is 0.806. The zero-order valence-electron chi connectivity index (χ0n) is 11.8. The minimum absolute atomic E-state index is 0.0757. The third kappa shape index (κ3) is 2.24. The normalized spacial score (nSPS) is 35.0. The lowest BCUT2D eigenvalue weighted by Gasteiger charge is -2.46. The molecule has 110 valence electrons. The van der Waals surface area contributed by atoms with Crippen LogP contribution in [0.25, 0.3) is 0 Å². The van der Waals surface area contributed by atoms with Crippen LogP contribution in [0.15, 0.2) is 4.52 Å². The molecule has 1 aromatic heterocycles. The maximum absolute atomic E-state index is 5.83. The second-order valence-electron chi connectivity index (χ2n) is 6.24. The van der Waals surface area contributed by atoms with Gasteiger partial charge >= 0.3 is 0 Å². The van der Waals surface area contributed by atoms with Crippen molar-refractivity contribution in [3.63, 3.8) is 0 Å². The molecule has 0 saturated carbocycles. The predicted octanol–water partition coefficient (Wildman–Crippen LogP) is -0.380. The highest BCUT2D eigenvalue weighted by Crippen LogP contribution is 2.27. The molecule has 2 bridgehead atoms. The summed E-state index contributed by atoms with van der Waals surface area (Å²) in [7, 11) is 0. The molecule has 4 aliphatic heterocycles. The summed E-state index contributed by atoms with van der Waals surface area (Å²) < 4.78 is 11.2. The molecule has 0 aliphatic carbocycles. The summed E-state index contributed by atoms with van der Waals surface area (Å²) in [5, 5.41) is 7.36. The Balaban J connectivity index is 1.40. The predicted molar refractivity (Wildman–Crippen MR) is 71.1 cm³/mol. The van der Waals surface area contributed by atoms with Crippen LogP contribution >= 0.6 is 0 Å². The molecule has 0 amide bonds. The van der Waals surface area contributed by atoms with E-state index < -0.39 is 0 Å². The van der Waals surface area contributed by atoms with Crippen LogP contribution < -0.4 is 5.32 Å². The summed E-state index contributed by atoms with van der Waals surface area (Å²) in [6.45, 7) is 9.83. The van der Waals surface area contributed by atoms with Gasteiger partial charge in [-0.25, -0.2) is 0 Å². The van der Waals surface area contributed by atoms with Crippen molar-refractivity contribution in [2.45, 2.75) is 25.2 Å². The zero-order chi connectivity index (χ0) is 13.6. The molecule has 4 fully saturated rings. The van der Waals surface area contributed by atoms with Gasteiger partial charge in [-0.3, -0.25) is 9.80 Å². The molecule has 0 aromatic carbocycles. The van der Waals surface area contributed by atoms with E-state index in [0.717, 1.165) is 51.6 Å². The molecule has 4 aliphatic rings. The van der Waals surface area contributed by atoms with E-state index in [1.165, 1.54) is 0 Å². The van der Waals surface area contributed by atoms with E-state index in [1.807, 2.05) is 0 Å². The molecule has 0 radical (unpaired) electrons. The highest BCUT2D eigenvalue weighted by molar-refractivity contribution is 5.01. The zero-order valence-corrected chi connectivity index (χ0v) is 11.8. The fourth-order valence-corrected chi connectivity index (χ4v) is 3.14. The van der Waals surface area contributed by atoms with Crippen LogP contribution in [0.5, 0.6) is 0 Å². The second-order valence-corrected chi connectivity index (χ2v) is 6.24. The highest BCUT2D eigenvalue weighted by atomic mass is 16.5. The monoisotopic (exact) mass is 279 g/mol. The molecule has 0 spiro atoms. The molecule has 1 unspecified atom stereocenters. The van der Waals surface area contributed by atoms with Gasteiger partial charge in [-0.15, -0.1) is 0 Å². The summed E-state index contributed by atoms with van der Waals surface area (Å²) >= 11 is 0. The molecule has 5 heterocycles. The maximum atomic E-state index is 5.83. The summed E-state index contributed by atoms with van der Waals surface area (Å²) in [4.78, 5) is 9.44. The minimum Gasteiger partial charge on any atom is -0.363 e. The number of fused-ring (bicyclic) bond motifs is 3. The van der Waals surface area contributed by atoms with Gasteiger partial charge in [0.2, 0.25) is 0 Å². The van der Waals surface area contributed by atoms with Gasteiger partial charge < -0.3 is 14.6 Å². The molecule has 1 atom stereocenters. The van der Waals surface area contributed by atoms with Crippen molar-refractivity contribution in [3.8, 4) is 0 Å². The van der Waals surface area contributed by atoms with E-state index >= 15 is 0 Å². The first kappa shape index (κ1) is 12.7. The molecule has 4 saturated heterocycles. The molecular weight excluding hydrogens is 258 g/mol. The Morgan fingerprint density at radius 2 is 2.15 bits per heavy atom. The minimum atomic E-state index is -0.0757. The van der Waals surface area contributed by atoms with Gasteiger partial charge in [0.15, 0.2) is 5.82 Å². The Bertz CT molecular complexity index is 479. The Morgan fingerprint density at radius 3 is 2.75 bits per heavy atom.